The zero-order valence-electron chi connectivity index (χ0n) is 12.3. The standard InChI is InChI=1S/C15H21N3O3/c1-10-5-3-8-14(11(10)2)17-15(19)16-12-6-4-7-13(9-12)18(20)21/h4,6-7,9-11,14H,3,5,8H2,1-2H3,(H2,16,17,19). The van der Waals surface area contributed by atoms with Crippen molar-refractivity contribution < 1.29 is 9.72 Å². The Bertz CT molecular complexity index is 533. The number of hydrogen-bond donors (Lipinski definition) is 2. The number of urea groups is 1. The van der Waals surface area contributed by atoms with Crippen LogP contribution in [0.3, 0.4) is 0 Å². The summed E-state index contributed by atoms with van der Waals surface area (Å²) in [4.78, 5) is 22.3. The first-order valence-corrected chi connectivity index (χ1v) is 7.29. The van der Waals surface area contributed by atoms with Gasteiger partial charge in [-0.05, 0) is 24.3 Å². The van der Waals surface area contributed by atoms with Gasteiger partial charge in [0.25, 0.3) is 5.69 Å². The number of nitrogens with one attached hydrogen (secondary N) is 2. The molecule has 2 amide bonds. The fourth-order valence-electron chi connectivity index (χ4n) is 2.82. The van der Waals surface area contributed by atoms with Crippen LogP contribution in [0.1, 0.15) is 33.1 Å². The molecule has 1 aromatic carbocycles. The van der Waals surface area contributed by atoms with Gasteiger partial charge in [0.15, 0.2) is 0 Å². The van der Waals surface area contributed by atoms with Gasteiger partial charge in [-0.2, -0.15) is 0 Å². The minimum atomic E-state index is -0.478. The van der Waals surface area contributed by atoms with Gasteiger partial charge in [0.05, 0.1) is 4.92 Å². The summed E-state index contributed by atoms with van der Waals surface area (Å²) in [7, 11) is 0. The molecule has 0 spiro atoms. The molecule has 0 aliphatic heterocycles. The molecule has 0 radical (unpaired) electrons. The summed E-state index contributed by atoms with van der Waals surface area (Å²) in [5.74, 6) is 1.04. The molecular formula is C15H21N3O3. The van der Waals surface area contributed by atoms with E-state index in [0.717, 1.165) is 12.8 Å². The average molecular weight is 291 g/mol. The van der Waals surface area contributed by atoms with Crippen molar-refractivity contribution in [2.45, 2.75) is 39.2 Å². The number of carbonyl (C=O) groups is 1. The van der Waals surface area contributed by atoms with Crippen molar-refractivity contribution in [2.75, 3.05) is 5.32 Å². The van der Waals surface area contributed by atoms with Crippen LogP contribution in [0.2, 0.25) is 0 Å². The molecule has 3 atom stereocenters. The second-order valence-corrected chi connectivity index (χ2v) is 5.78. The first-order chi connectivity index (χ1) is 9.97. The van der Waals surface area contributed by atoms with E-state index in [1.807, 2.05) is 0 Å². The Morgan fingerprint density at radius 1 is 1.33 bits per heavy atom. The van der Waals surface area contributed by atoms with E-state index in [2.05, 4.69) is 24.5 Å². The van der Waals surface area contributed by atoms with Crippen LogP contribution in [-0.4, -0.2) is 17.0 Å². The maximum Gasteiger partial charge on any atom is 0.319 e. The van der Waals surface area contributed by atoms with Gasteiger partial charge in [0.2, 0.25) is 0 Å². The van der Waals surface area contributed by atoms with Crippen LogP contribution in [-0.2, 0) is 0 Å². The van der Waals surface area contributed by atoms with Crippen molar-refractivity contribution in [1.29, 1.82) is 0 Å². The molecule has 0 aromatic heterocycles. The molecule has 0 bridgehead atoms. The summed E-state index contributed by atoms with van der Waals surface area (Å²) in [5.41, 5.74) is 0.394. The van der Waals surface area contributed by atoms with E-state index in [0.29, 0.717) is 17.5 Å². The smallest absolute Gasteiger partial charge is 0.319 e. The number of nitrogens with zero attached hydrogens (tertiary/aromatic N) is 1. The summed E-state index contributed by atoms with van der Waals surface area (Å²) in [5, 5.41) is 16.4. The molecule has 2 N–H and O–H groups in total. The highest BCUT2D eigenvalue weighted by Crippen LogP contribution is 2.29. The molecule has 0 heterocycles. The lowest BCUT2D eigenvalue weighted by Gasteiger charge is -2.34. The van der Waals surface area contributed by atoms with E-state index in [1.165, 1.54) is 18.6 Å². The Balaban J connectivity index is 1.95. The van der Waals surface area contributed by atoms with Crippen molar-refractivity contribution >= 4 is 17.4 Å². The molecule has 3 unspecified atom stereocenters. The lowest BCUT2D eigenvalue weighted by atomic mass is 9.78. The van der Waals surface area contributed by atoms with E-state index in [-0.39, 0.29) is 17.8 Å². The van der Waals surface area contributed by atoms with Gasteiger partial charge in [0.1, 0.15) is 0 Å². The summed E-state index contributed by atoms with van der Waals surface area (Å²) in [6.45, 7) is 4.36. The van der Waals surface area contributed by atoms with Crippen LogP contribution in [0.4, 0.5) is 16.2 Å². The topological polar surface area (TPSA) is 84.3 Å². The summed E-state index contributed by atoms with van der Waals surface area (Å²) in [6.07, 6.45) is 3.30. The third-order valence-electron chi connectivity index (χ3n) is 4.34. The Labute approximate surface area is 124 Å². The van der Waals surface area contributed by atoms with Crippen LogP contribution >= 0.6 is 0 Å². The maximum absolute atomic E-state index is 12.0. The zero-order chi connectivity index (χ0) is 15.4. The van der Waals surface area contributed by atoms with E-state index in [4.69, 9.17) is 0 Å². The lowest BCUT2D eigenvalue weighted by Crippen LogP contribution is -2.45. The molecule has 0 saturated heterocycles. The van der Waals surface area contributed by atoms with E-state index < -0.39 is 4.92 Å². The van der Waals surface area contributed by atoms with E-state index in [9.17, 15) is 14.9 Å². The number of amides is 2. The van der Waals surface area contributed by atoms with Gasteiger partial charge in [0, 0.05) is 23.9 Å². The Hall–Kier alpha value is -2.11. The number of carbonyl (C=O) groups excluding carboxylic acids is 1. The number of benzene rings is 1. The van der Waals surface area contributed by atoms with E-state index in [1.54, 1.807) is 12.1 Å². The number of anilines is 1. The number of rotatable bonds is 3. The molecule has 1 saturated carbocycles. The fourth-order valence-corrected chi connectivity index (χ4v) is 2.82. The Morgan fingerprint density at radius 2 is 2.10 bits per heavy atom. The number of hydrogen-bond acceptors (Lipinski definition) is 3. The second kappa shape index (κ2) is 6.56. The summed E-state index contributed by atoms with van der Waals surface area (Å²) >= 11 is 0. The Morgan fingerprint density at radius 3 is 2.81 bits per heavy atom. The zero-order valence-corrected chi connectivity index (χ0v) is 12.3. The minimum absolute atomic E-state index is 0.0348. The third-order valence-corrected chi connectivity index (χ3v) is 4.34. The highest BCUT2D eigenvalue weighted by molar-refractivity contribution is 5.89. The first-order valence-electron chi connectivity index (χ1n) is 7.29. The Kier molecular flexibility index (Phi) is 4.77. The van der Waals surface area contributed by atoms with E-state index >= 15 is 0 Å². The fraction of sp³-hybridized carbons (Fsp3) is 0.533. The van der Waals surface area contributed by atoms with Gasteiger partial charge in [-0.3, -0.25) is 10.1 Å². The summed E-state index contributed by atoms with van der Waals surface area (Å²) < 4.78 is 0. The minimum Gasteiger partial charge on any atom is -0.335 e. The predicted octanol–water partition coefficient (Wildman–Crippen LogP) is 3.54. The van der Waals surface area contributed by atoms with Gasteiger partial charge in [-0.25, -0.2) is 4.79 Å². The van der Waals surface area contributed by atoms with Gasteiger partial charge < -0.3 is 10.6 Å². The molecule has 6 nitrogen and oxygen atoms in total. The molecule has 21 heavy (non-hydrogen) atoms. The maximum atomic E-state index is 12.0. The normalized spacial score (nSPS) is 25.1. The monoisotopic (exact) mass is 291 g/mol. The number of nitro benzene ring substituents is 1. The molecular weight excluding hydrogens is 270 g/mol. The van der Waals surface area contributed by atoms with Crippen LogP contribution in [0.25, 0.3) is 0 Å². The molecule has 6 heteroatoms. The predicted molar refractivity (Wildman–Crippen MR) is 81.2 cm³/mol. The highest BCUT2D eigenvalue weighted by atomic mass is 16.6. The average Bonchev–Trinajstić information content (AvgIpc) is 2.44. The van der Waals surface area contributed by atoms with Gasteiger partial charge in [-0.15, -0.1) is 0 Å². The molecule has 1 fully saturated rings. The van der Waals surface area contributed by atoms with Crippen molar-refractivity contribution in [3.05, 3.63) is 34.4 Å². The van der Waals surface area contributed by atoms with Crippen LogP contribution in [0.15, 0.2) is 24.3 Å². The third kappa shape index (κ3) is 3.93. The van der Waals surface area contributed by atoms with Gasteiger partial charge in [-0.1, -0.05) is 32.8 Å². The van der Waals surface area contributed by atoms with Crippen LogP contribution in [0.5, 0.6) is 0 Å². The van der Waals surface area contributed by atoms with Crippen LogP contribution in [0, 0.1) is 22.0 Å². The van der Waals surface area contributed by atoms with Crippen molar-refractivity contribution in [1.82, 2.24) is 5.32 Å². The largest absolute Gasteiger partial charge is 0.335 e. The molecule has 114 valence electrons. The van der Waals surface area contributed by atoms with Crippen molar-refractivity contribution in [2.24, 2.45) is 11.8 Å². The van der Waals surface area contributed by atoms with Crippen molar-refractivity contribution in [3.63, 3.8) is 0 Å². The second-order valence-electron chi connectivity index (χ2n) is 5.78. The SMILES string of the molecule is CC1CCCC(NC(=O)Nc2cccc([N+](=O)[O-])c2)C1C. The molecule has 1 aromatic rings. The first kappa shape index (κ1) is 15.3. The highest BCUT2D eigenvalue weighted by Gasteiger charge is 2.28. The molecule has 1 aliphatic carbocycles. The summed E-state index contributed by atoms with van der Waals surface area (Å²) in [6, 6.07) is 5.80. The number of nitro groups is 1. The van der Waals surface area contributed by atoms with Crippen LogP contribution < -0.4 is 10.6 Å². The molecule has 2 rings (SSSR count). The quantitative estimate of drug-likeness (QED) is 0.660. The number of non-ortho nitro benzene ring substituents is 1. The van der Waals surface area contributed by atoms with Crippen molar-refractivity contribution in [3.8, 4) is 0 Å². The van der Waals surface area contributed by atoms with Gasteiger partial charge >= 0.3 is 6.03 Å². The lowest BCUT2D eigenvalue weighted by molar-refractivity contribution is -0.384. The molecule has 1 aliphatic rings.